The van der Waals surface area contributed by atoms with E-state index in [-0.39, 0.29) is 19.0 Å². The molecule has 0 aliphatic rings. The fourth-order valence-corrected chi connectivity index (χ4v) is 2.04. The van der Waals surface area contributed by atoms with Crippen molar-refractivity contribution in [3.63, 3.8) is 0 Å². The number of carbonyl (C=O) groups excluding carboxylic acids is 1. The molecule has 1 rings (SSSR count). The van der Waals surface area contributed by atoms with Crippen molar-refractivity contribution in [2.45, 2.75) is 19.9 Å². The van der Waals surface area contributed by atoms with Crippen LogP contribution in [-0.2, 0) is 16.1 Å². The summed E-state index contributed by atoms with van der Waals surface area (Å²) in [6.45, 7) is 2.86. The smallest absolute Gasteiger partial charge is 0.317 e. The molecule has 20 heavy (non-hydrogen) atoms. The topological polar surface area (TPSA) is 69.6 Å². The van der Waals surface area contributed by atoms with Gasteiger partial charge in [-0.15, -0.1) is 0 Å². The molecule has 0 unspecified atom stereocenters. The Morgan fingerprint density at radius 3 is 2.70 bits per heavy atom. The Bertz CT molecular complexity index is 465. The van der Waals surface area contributed by atoms with Gasteiger partial charge in [-0.2, -0.15) is 0 Å². The van der Waals surface area contributed by atoms with Crippen LogP contribution in [0.25, 0.3) is 0 Å². The second-order valence-corrected chi connectivity index (χ2v) is 4.95. The van der Waals surface area contributed by atoms with Crippen LogP contribution in [0.4, 0.5) is 0 Å². The van der Waals surface area contributed by atoms with E-state index in [1.807, 2.05) is 19.1 Å². The number of carboxylic acid groups (broad SMARTS) is 1. The normalized spacial score (nSPS) is 10.6. The molecule has 1 amide bonds. The lowest BCUT2D eigenvalue weighted by Gasteiger charge is -2.18. The third kappa shape index (κ3) is 6.54. The summed E-state index contributed by atoms with van der Waals surface area (Å²) in [5.41, 5.74) is 0.908. The summed E-state index contributed by atoms with van der Waals surface area (Å²) in [7, 11) is 0. The van der Waals surface area contributed by atoms with E-state index in [0.717, 1.165) is 12.0 Å². The van der Waals surface area contributed by atoms with Gasteiger partial charge in [0.15, 0.2) is 0 Å². The van der Waals surface area contributed by atoms with E-state index < -0.39 is 5.97 Å². The number of carbonyl (C=O) groups is 2. The third-order valence-corrected chi connectivity index (χ3v) is 2.88. The molecule has 5 nitrogen and oxygen atoms in total. The molecule has 0 radical (unpaired) electrons. The van der Waals surface area contributed by atoms with Crippen LogP contribution in [0.3, 0.4) is 0 Å². The Morgan fingerprint density at radius 1 is 1.35 bits per heavy atom. The maximum atomic E-state index is 11.8. The lowest BCUT2D eigenvalue weighted by atomic mass is 10.2. The number of rotatable bonds is 8. The fraction of sp³-hybridized carbons (Fsp3) is 0.429. The number of hydrogen-bond acceptors (Lipinski definition) is 3. The zero-order valence-corrected chi connectivity index (χ0v) is 12.2. The number of aliphatic carboxylic acids is 1. The summed E-state index contributed by atoms with van der Waals surface area (Å²) in [5, 5.41) is 12.2. The highest BCUT2D eigenvalue weighted by Gasteiger charge is 2.12. The molecule has 0 aromatic heterocycles. The van der Waals surface area contributed by atoms with Gasteiger partial charge in [0.05, 0.1) is 13.1 Å². The van der Waals surface area contributed by atoms with Crippen molar-refractivity contribution in [3.05, 3.63) is 34.9 Å². The first kappa shape index (κ1) is 16.5. The van der Waals surface area contributed by atoms with Crippen LogP contribution < -0.4 is 5.32 Å². The molecule has 0 aliphatic carbocycles. The number of nitrogens with one attached hydrogen (secondary N) is 1. The van der Waals surface area contributed by atoms with Gasteiger partial charge >= 0.3 is 5.97 Å². The molecule has 0 spiro atoms. The van der Waals surface area contributed by atoms with Crippen molar-refractivity contribution in [1.29, 1.82) is 0 Å². The highest BCUT2D eigenvalue weighted by Crippen LogP contribution is 2.10. The minimum atomic E-state index is -0.930. The maximum Gasteiger partial charge on any atom is 0.317 e. The lowest BCUT2D eigenvalue weighted by Crippen LogP contribution is -2.39. The molecular weight excluding hydrogens is 280 g/mol. The van der Waals surface area contributed by atoms with Crippen LogP contribution in [0.2, 0.25) is 5.02 Å². The molecule has 110 valence electrons. The van der Waals surface area contributed by atoms with Crippen molar-refractivity contribution in [2.24, 2.45) is 0 Å². The van der Waals surface area contributed by atoms with Gasteiger partial charge in [-0.3, -0.25) is 14.5 Å². The largest absolute Gasteiger partial charge is 0.480 e. The van der Waals surface area contributed by atoms with E-state index in [2.05, 4.69) is 5.32 Å². The third-order valence-electron chi connectivity index (χ3n) is 2.64. The zero-order valence-electron chi connectivity index (χ0n) is 11.4. The predicted octanol–water partition coefficient (Wildman–Crippen LogP) is 1.75. The molecule has 0 heterocycles. The molecule has 0 aliphatic heterocycles. The molecule has 0 fully saturated rings. The maximum absolute atomic E-state index is 11.8. The average Bonchev–Trinajstić information content (AvgIpc) is 2.36. The Morgan fingerprint density at radius 2 is 2.10 bits per heavy atom. The van der Waals surface area contributed by atoms with Crippen LogP contribution in [0, 0.1) is 0 Å². The molecule has 1 aromatic rings. The second-order valence-electron chi connectivity index (χ2n) is 4.51. The van der Waals surface area contributed by atoms with Crippen molar-refractivity contribution in [1.82, 2.24) is 10.2 Å². The number of hydrogen-bond donors (Lipinski definition) is 2. The Labute approximate surface area is 123 Å². The van der Waals surface area contributed by atoms with Gasteiger partial charge in [-0.1, -0.05) is 30.7 Å². The summed E-state index contributed by atoms with van der Waals surface area (Å²) >= 11 is 5.86. The number of carboxylic acids is 1. The first-order valence-corrected chi connectivity index (χ1v) is 6.84. The molecule has 2 N–H and O–H groups in total. The van der Waals surface area contributed by atoms with Gasteiger partial charge in [0.1, 0.15) is 0 Å². The van der Waals surface area contributed by atoms with Crippen LogP contribution in [-0.4, -0.2) is 41.5 Å². The van der Waals surface area contributed by atoms with Crippen molar-refractivity contribution in [2.75, 3.05) is 19.6 Å². The Balaban J connectivity index is 2.43. The molecular formula is C14H19ClN2O3. The van der Waals surface area contributed by atoms with Crippen LogP contribution >= 0.6 is 11.6 Å². The average molecular weight is 299 g/mol. The van der Waals surface area contributed by atoms with E-state index in [1.165, 1.54) is 0 Å². The fourth-order valence-electron chi connectivity index (χ4n) is 1.83. The Kier molecular flexibility index (Phi) is 7.04. The predicted molar refractivity (Wildman–Crippen MR) is 77.7 cm³/mol. The summed E-state index contributed by atoms with van der Waals surface area (Å²) in [6, 6.07) is 7.23. The number of nitrogens with zero attached hydrogens (tertiary/aromatic N) is 1. The van der Waals surface area contributed by atoms with E-state index >= 15 is 0 Å². The van der Waals surface area contributed by atoms with E-state index in [4.69, 9.17) is 16.7 Å². The van der Waals surface area contributed by atoms with Crippen molar-refractivity contribution in [3.8, 4) is 0 Å². The van der Waals surface area contributed by atoms with E-state index in [9.17, 15) is 9.59 Å². The first-order chi connectivity index (χ1) is 9.51. The standard InChI is InChI=1S/C14H19ClN2O3/c1-2-6-17(10-14(19)20)9-13(18)16-8-11-4-3-5-12(15)7-11/h3-5,7H,2,6,8-10H2,1H3,(H,16,18)(H,19,20). The molecule has 0 bridgehead atoms. The quantitative estimate of drug-likeness (QED) is 0.767. The lowest BCUT2D eigenvalue weighted by molar-refractivity contribution is -0.138. The number of halogens is 1. The van der Waals surface area contributed by atoms with Crippen molar-refractivity contribution >= 4 is 23.5 Å². The summed E-state index contributed by atoms with van der Waals surface area (Å²) in [6.07, 6.45) is 0.800. The van der Waals surface area contributed by atoms with Gasteiger partial charge in [-0.05, 0) is 30.7 Å². The summed E-state index contributed by atoms with van der Waals surface area (Å²) in [4.78, 5) is 24.1. The first-order valence-electron chi connectivity index (χ1n) is 6.46. The second kappa shape index (κ2) is 8.55. The Hall–Kier alpha value is -1.59. The highest BCUT2D eigenvalue weighted by molar-refractivity contribution is 6.30. The molecule has 0 atom stereocenters. The van der Waals surface area contributed by atoms with Gasteiger partial charge in [-0.25, -0.2) is 0 Å². The van der Waals surface area contributed by atoms with Crippen LogP contribution in [0.15, 0.2) is 24.3 Å². The molecule has 0 saturated heterocycles. The zero-order chi connectivity index (χ0) is 15.0. The van der Waals surface area contributed by atoms with Gasteiger partial charge in [0, 0.05) is 11.6 Å². The van der Waals surface area contributed by atoms with Crippen LogP contribution in [0.5, 0.6) is 0 Å². The van der Waals surface area contributed by atoms with E-state index in [0.29, 0.717) is 18.1 Å². The minimum absolute atomic E-state index is 0.0840. The molecule has 1 aromatic carbocycles. The van der Waals surface area contributed by atoms with Crippen LogP contribution in [0.1, 0.15) is 18.9 Å². The monoisotopic (exact) mass is 298 g/mol. The molecule has 6 heteroatoms. The van der Waals surface area contributed by atoms with Crippen molar-refractivity contribution < 1.29 is 14.7 Å². The van der Waals surface area contributed by atoms with Gasteiger partial charge in [0.2, 0.25) is 5.91 Å². The van der Waals surface area contributed by atoms with Gasteiger partial charge < -0.3 is 10.4 Å². The number of benzene rings is 1. The van der Waals surface area contributed by atoms with Gasteiger partial charge in [0.25, 0.3) is 0 Å². The highest BCUT2D eigenvalue weighted by atomic mass is 35.5. The summed E-state index contributed by atoms with van der Waals surface area (Å²) in [5.74, 6) is -1.12. The SMILES string of the molecule is CCCN(CC(=O)O)CC(=O)NCc1cccc(Cl)c1. The van der Waals surface area contributed by atoms with E-state index in [1.54, 1.807) is 17.0 Å². The number of amides is 1. The minimum Gasteiger partial charge on any atom is -0.480 e. The summed E-state index contributed by atoms with van der Waals surface area (Å²) < 4.78 is 0. The molecule has 0 saturated carbocycles.